The second kappa shape index (κ2) is 9.61. The normalized spacial score (nSPS) is 12.5. The van der Waals surface area contributed by atoms with E-state index in [2.05, 4.69) is 20.2 Å². The van der Waals surface area contributed by atoms with E-state index in [9.17, 15) is 8.42 Å². The summed E-state index contributed by atoms with van der Waals surface area (Å²) in [4.78, 5) is 0.220. The van der Waals surface area contributed by atoms with Crippen molar-refractivity contribution in [2.75, 3.05) is 6.54 Å². The van der Waals surface area contributed by atoms with Crippen molar-refractivity contribution in [2.45, 2.75) is 15.3 Å². The molecular formula is C21H18ClN5O2S2. The molecule has 10 heteroatoms. The van der Waals surface area contributed by atoms with E-state index >= 15 is 0 Å². The van der Waals surface area contributed by atoms with Gasteiger partial charge < -0.3 is 0 Å². The molecule has 0 saturated carbocycles. The summed E-state index contributed by atoms with van der Waals surface area (Å²) in [5, 5.41) is 12.9. The Hall–Kier alpha value is -2.72. The van der Waals surface area contributed by atoms with Gasteiger partial charge in [-0.15, -0.1) is 5.10 Å². The maximum atomic E-state index is 12.7. The average Bonchev–Trinajstić information content (AvgIpc) is 3.26. The number of rotatable bonds is 8. The maximum Gasteiger partial charge on any atom is 0.240 e. The van der Waals surface area contributed by atoms with Crippen molar-refractivity contribution < 1.29 is 8.42 Å². The summed E-state index contributed by atoms with van der Waals surface area (Å²) < 4.78 is 29.7. The Kier molecular flexibility index (Phi) is 6.67. The van der Waals surface area contributed by atoms with Crippen LogP contribution >= 0.6 is 23.4 Å². The standard InChI is InChI=1S/C21H18ClN5O2S2/c22-17-11-13-18(14-12-17)27-21(24-25-26-27)30-20(16-7-3-1-4-8-16)15-23-31(28,29)19-9-5-2-6-10-19/h1-14,20,23H,15H2/t20-/m1/s1. The van der Waals surface area contributed by atoms with Crippen molar-refractivity contribution in [2.24, 2.45) is 0 Å². The van der Waals surface area contributed by atoms with E-state index in [1.54, 1.807) is 47.1 Å². The average molecular weight is 472 g/mol. The molecule has 0 aliphatic carbocycles. The molecule has 4 rings (SSSR count). The van der Waals surface area contributed by atoms with Gasteiger partial charge in [0.15, 0.2) is 0 Å². The van der Waals surface area contributed by atoms with Crippen LogP contribution in [-0.2, 0) is 10.0 Å². The third-order valence-corrected chi connectivity index (χ3v) is 7.32. The first kappa shape index (κ1) is 21.5. The van der Waals surface area contributed by atoms with Crippen molar-refractivity contribution >= 4 is 33.4 Å². The monoisotopic (exact) mass is 471 g/mol. The minimum atomic E-state index is -3.65. The van der Waals surface area contributed by atoms with Gasteiger partial charge in [0.25, 0.3) is 0 Å². The molecule has 0 amide bonds. The largest absolute Gasteiger partial charge is 0.240 e. The predicted octanol–water partition coefficient (Wildman–Crippen LogP) is 4.13. The van der Waals surface area contributed by atoms with E-state index in [1.165, 1.54) is 11.8 Å². The fourth-order valence-corrected chi connectivity index (χ4v) is 5.23. The van der Waals surface area contributed by atoms with Gasteiger partial charge in [0.05, 0.1) is 15.8 Å². The Balaban J connectivity index is 1.59. The molecule has 0 bridgehead atoms. The van der Waals surface area contributed by atoms with Crippen molar-refractivity contribution in [1.82, 2.24) is 24.9 Å². The van der Waals surface area contributed by atoms with Gasteiger partial charge in [-0.05, 0) is 52.4 Å². The predicted molar refractivity (Wildman–Crippen MR) is 121 cm³/mol. The number of hydrogen-bond acceptors (Lipinski definition) is 6. The van der Waals surface area contributed by atoms with Crippen molar-refractivity contribution in [3.63, 3.8) is 0 Å². The minimum Gasteiger partial charge on any atom is -0.210 e. The number of nitrogens with one attached hydrogen (secondary N) is 1. The summed E-state index contributed by atoms with van der Waals surface area (Å²) in [6, 6.07) is 25.1. The van der Waals surface area contributed by atoms with Crippen LogP contribution in [-0.4, -0.2) is 35.2 Å². The molecule has 1 aromatic heterocycles. The number of halogens is 1. The third kappa shape index (κ3) is 5.31. The van der Waals surface area contributed by atoms with Crippen molar-refractivity contribution in [3.8, 4) is 5.69 Å². The smallest absolute Gasteiger partial charge is 0.210 e. The molecule has 0 spiro atoms. The highest BCUT2D eigenvalue weighted by Gasteiger charge is 2.22. The summed E-state index contributed by atoms with van der Waals surface area (Å²) in [6.07, 6.45) is 0. The number of tetrazole rings is 1. The van der Waals surface area contributed by atoms with Gasteiger partial charge in [-0.1, -0.05) is 71.9 Å². The fraction of sp³-hybridized carbons (Fsp3) is 0.0952. The molecule has 1 heterocycles. The van der Waals surface area contributed by atoms with E-state index in [0.29, 0.717) is 10.2 Å². The van der Waals surface area contributed by atoms with Crippen LogP contribution < -0.4 is 4.72 Å². The molecule has 0 fully saturated rings. The quantitative estimate of drug-likeness (QED) is 0.389. The van der Waals surface area contributed by atoms with E-state index in [0.717, 1.165) is 11.3 Å². The Morgan fingerprint density at radius 2 is 1.58 bits per heavy atom. The number of sulfonamides is 1. The summed E-state index contributed by atoms with van der Waals surface area (Å²) in [5.41, 5.74) is 1.71. The highest BCUT2D eigenvalue weighted by atomic mass is 35.5. The molecule has 0 unspecified atom stereocenters. The van der Waals surface area contributed by atoms with Gasteiger partial charge in [0.1, 0.15) is 0 Å². The Morgan fingerprint density at radius 1 is 0.935 bits per heavy atom. The molecule has 3 aromatic carbocycles. The van der Waals surface area contributed by atoms with Gasteiger partial charge >= 0.3 is 0 Å². The van der Waals surface area contributed by atoms with Crippen LogP contribution in [0.1, 0.15) is 10.8 Å². The molecule has 7 nitrogen and oxygen atoms in total. The fourth-order valence-electron chi connectivity index (χ4n) is 2.89. The molecule has 1 N–H and O–H groups in total. The first-order valence-electron chi connectivity index (χ1n) is 9.33. The SMILES string of the molecule is O=S(=O)(NC[C@@H](Sc1nnnn1-c1ccc(Cl)cc1)c1ccccc1)c1ccccc1. The summed E-state index contributed by atoms with van der Waals surface area (Å²) >= 11 is 7.36. The third-order valence-electron chi connectivity index (χ3n) is 4.44. The zero-order valence-electron chi connectivity index (χ0n) is 16.2. The van der Waals surface area contributed by atoms with Crippen LogP contribution in [0.15, 0.2) is 95.0 Å². The number of hydrogen-bond donors (Lipinski definition) is 1. The molecule has 31 heavy (non-hydrogen) atoms. The van der Waals surface area contributed by atoms with E-state index < -0.39 is 10.0 Å². The summed E-state index contributed by atoms with van der Waals surface area (Å²) in [5.74, 6) is 0. The number of aromatic nitrogens is 4. The zero-order chi connectivity index (χ0) is 21.7. The molecular weight excluding hydrogens is 454 g/mol. The highest BCUT2D eigenvalue weighted by molar-refractivity contribution is 7.99. The molecule has 0 radical (unpaired) electrons. The topological polar surface area (TPSA) is 89.8 Å². The number of thioether (sulfide) groups is 1. The molecule has 1 atom stereocenters. The minimum absolute atomic E-state index is 0.166. The van der Waals surface area contributed by atoms with Gasteiger partial charge in [0.2, 0.25) is 15.2 Å². The second-order valence-electron chi connectivity index (χ2n) is 6.53. The first-order valence-corrected chi connectivity index (χ1v) is 12.1. The maximum absolute atomic E-state index is 12.7. The lowest BCUT2D eigenvalue weighted by atomic mass is 10.1. The van der Waals surface area contributed by atoms with Gasteiger partial charge in [-0.25, -0.2) is 13.1 Å². The van der Waals surface area contributed by atoms with E-state index in [4.69, 9.17) is 11.6 Å². The van der Waals surface area contributed by atoms with Crippen LogP contribution in [0.25, 0.3) is 5.69 Å². The molecule has 4 aromatic rings. The molecule has 0 saturated heterocycles. The lowest BCUT2D eigenvalue weighted by molar-refractivity contribution is 0.581. The van der Waals surface area contributed by atoms with Crippen LogP contribution in [0.5, 0.6) is 0 Å². The Morgan fingerprint density at radius 3 is 2.26 bits per heavy atom. The van der Waals surface area contributed by atoms with Crippen LogP contribution in [0.4, 0.5) is 0 Å². The Bertz CT molecular complexity index is 1230. The van der Waals surface area contributed by atoms with Gasteiger partial charge in [-0.3, -0.25) is 0 Å². The van der Waals surface area contributed by atoms with Crippen LogP contribution in [0.2, 0.25) is 5.02 Å². The van der Waals surface area contributed by atoms with Crippen LogP contribution in [0.3, 0.4) is 0 Å². The summed E-state index contributed by atoms with van der Waals surface area (Å²) in [6.45, 7) is 0.166. The lowest BCUT2D eigenvalue weighted by Crippen LogP contribution is -2.27. The van der Waals surface area contributed by atoms with Gasteiger partial charge in [-0.2, -0.15) is 4.68 Å². The van der Waals surface area contributed by atoms with Crippen LogP contribution in [0, 0.1) is 0 Å². The first-order chi connectivity index (χ1) is 15.0. The van der Waals surface area contributed by atoms with Gasteiger partial charge in [0, 0.05) is 11.6 Å². The van der Waals surface area contributed by atoms with E-state index in [-0.39, 0.29) is 16.7 Å². The van der Waals surface area contributed by atoms with E-state index in [1.807, 2.05) is 42.5 Å². The molecule has 158 valence electrons. The lowest BCUT2D eigenvalue weighted by Gasteiger charge is -2.17. The highest BCUT2D eigenvalue weighted by Crippen LogP contribution is 2.34. The number of nitrogens with zero attached hydrogens (tertiary/aromatic N) is 4. The Labute approximate surface area is 189 Å². The second-order valence-corrected chi connectivity index (χ2v) is 9.91. The van der Waals surface area contributed by atoms with Crippen molar-refractivity contribution in [3.05, 3.63) is 95.5 Å². The summed E-state index contributed by atoms with van der Waals surface area (Å²) in [7, 11) is -3.65. The zero-order valence-corrected chi connectivity index (χ0v) is 18.6. The molecule has 0 aliphatic rings. The molecule has 0 aliphatic heterocycles. The van der Waals surface area contributed by atoms with Crippen molar-refractivity contribution in [1.29, 1.82) is 0 Å². The number of benzene rings is 3.